The van der Waals surface area contributed by atoms with E-state index in [1.807, 2.05) is 0 Å². The van der Waals surface area contributed by atoms with Crippen LogP contribution in [0.5, 0.6) is 5.75 Å². The third-order valence-corrected chi connectivity index (χ3v) is 7.26. The van der Waals surface area contributed by atoms with Gasteiger partial charge in [-0.1, -0.05) is 18.2 Å². The van der Waals surface area contributed by atoms with Gasteiger partial charge in [0.25, 0.3) is 5.56 Å². The maximum atomic E-state index is 13.7. The number of carbonyl (C=O) groups excluding carboxylic acids is 1. The lowest BCUT2D eigenvalue weighted by atomic mass is 10.0. The predicted octanol–water partition coefficient (Wildman–Crippen LogP) is 0.697. The van der Waals surface area contributed by atoms with Gasteiger partial charge in [0, 0.05) is 12.3 Å². The van der Waals surface area contributed by atoms with E-state index in [-0.39, 0.29) is 18.5 Å². The molecular formula is C22H28N3O10P. The minimum Gasteiger partial charge on any atom is -0.462 e. The van der Waals surface area contributed by atoms with E-state index in [1.165, 1.54) is 13.1 Å². The SMILES string of the molecule is CC(C)OC(=O)[C@@H](C)N[P@](=O)(OC[C@@]12CO[C@@H](C(n3ccc(=O)[nH]c3=O)O1)[C@@H]2O)Oc1ccccc1. The molecule has 3 heterocycles. The molecule has 13 nitrogen and oxygen atoms in total. The maximum Gasteiger partial charge on any atom is 0.459 e. The van der Waals surface area contributed by atoms with Gasteiger partial charge < -0.3 is 23.8 Å². The number of para-hydroxylation sites is 1. The van der Waals surface area contributed by atoms with Crippen molar-refractivity contribution in [2.75, 3.05) is 13.2 Å². The van der Waals surface area contributed by atoms with Crippen molar-refractivity contribution in [3.05, 3.63) is 63.4 Å². The molecule has 2 fully saturated rings. The van der Waals surface area contributed by atoms with Crippen molar-refractivity contribution in [3.8, 4) is 5.75 Å². The Kier molecular flexibility index (Phi) is 7.51. The van der Waals surface area contributed by atoms with E-state index in [0.717, 1.165) is 10.6 Å². The number of nitrogens with one attached hydrogen (secondary N) is 2. The van der Waals surface area contributed by atoms with Crippen LogP contribution in [0.15, 0.2) is 52.2 Å². The third kappa shape index (κ3) is 5.46. The Morgan fingerprint density at radius 3 is 2.67 bits per heavy atom. The highest BCUT2D eigenvalue weighted by Crippen LogP contribution is 2.50. The van der Waals surface area contributed by atoms with Crippen LogP contribution in [0.1, 0.15) is 27.0 Å². The number of ether oxygens (including phenoxy) is 3. The van der Waals surface area contributed by atoms with Gasteiger partial charge in [0.1, 0.15) is 29.6 Å². The molecule has 6 atom stereocenters. The summed E-state index contributed by atoms with van der Waals surface area (Å²) >= 11 is 0. The summed E-state index contributed by atoms with van der Waals surface area (Å²) in [5.74, 6) is -0.455. The molecule has 0 amide bonds. The van der Waals surface area contributed by atoms with Gasteiger partial charge >= 0.3 is 19.4 Å². The van der Waals surface area contributed by atoms with E-state index in [4.69, 9.17) is 23.3 Å². The van der Waals surface area contributed by atoms with Gasteiger partial charge in [0.2, 0.25) is 0 Å². The number of rotatable bonds is 10. The molecule has 2 aliphatic rings. The van der Waals surface area contributed by atoms with Crippen LogP contribution in [0.25, 0.3) is 0 Å². The molecule has 196 valence electrons. The van der Waals surface area contributed by atoms with Crippen LogP contribution in [-0.2, 0) is 28.1 Å². The molecule has 0 radical (unpaired) electrons. The van der Waals surface area contributed by atoms with Crippen LogP contribution in [0.3, 0.4) is 0 Å². The molecule has 2 aromatic rings. The van der Waals surface area contributed by atoms with Crippen LogP contribution >= 0.6 is 7.75 Å². The Morgan fingerprint density at radius 1 is 1.28 bits per heavy atom. The summed E-state index contributed by atoms with van der Waals surface area (Å²) in [6, 6.07) is 8.26. The van der Waals surface area contributed by atoms with Crippen molar-refractivity contribution in [2.45, 2.75) is 57.0 Å². The van der Waals surface area contributed by atoms with E-state index in [2.05, 4.69) is 10.1 Å². The van der Waals surface area contributed by atoms with Gasteiger partial charge in [-0.05, 0) is 32.9 Å². The number of carbonyl (C=O) groups is 1. The van der Waals surface area contributed by atoms with E-state index in [1.54, 1.807) is 44.2 Å². The number of fused-ring (bicyclic) bond motifs is 2. The molecule has 36 heavy (non-hydrogen) atoms. The minimum absolute atomic E-state index is 0.121. The van der Waals surface area contributed by atoms with Gasteiger partial charge in [-0.15, -0.1) is 0 Å². The summed E-state index contributed by atoms with van der Waals surface area (Å²) in [5.41, 5.74) is -2.83. The highest BCUT2D eigenvalue weighted by Gasteiger charge is 2.62. The summed E-state index contributed by atoms with van der Waals surface area (Å²) in [5, 5.41) is 13.4. The summed E-state index contributed by atoms with van der Waals surface area (Å²) in [4.78, 5) is 38.1. The first-order chi connectivity index (χ1) is 17.0. The molecule has 2 saturated heterocycles. The summed E-state index contributed by atoms with van der Waals surface area (Å²) in [7, 11) is -4.23. The summed E-state index contributed by atoms with van der Waals surface area (Å²) in [6.07, 6.45) is -2.43. The lowest BCUT2D eigenvalue weighted by molar-refractivity contribution is -0.185. The molecule has 2 bridgehead atoms. The topological polar surface area (TPSA) is 167 Å². The standard InChI is InChI=1S/C22H28N3O10P/c1-13(2)33-20(28)14(3)24-36(30,35-15-7-5-4-6-8-15)32-12-22-11-31-17(18(22)27)19(34-22)25-10-9-16(26)23-21(25)29/h4-10,13-14,17-19,27H,11-12H2,1-3H3,(H,24,30)(H,23,26,29)/t14-,17-,18+,19?,22-,36+/m1/s1. The molecule has 1 unspecified atom stereocenters. The highest BCUT2D eigenvalue weighted by atomic mass is 31.2. The Morgan fingerprint density at radius 2 is 2.00 bits per heavy atom. The Balaban J connectivity index is 1.54. The number of aliphatic hydroxyl groups is 1. The van der Waals surface area contributed by atoms with Gasteiger partial charge in [-0.2, -0.15) is 5.09 Å². The van der Waals surface area contributed by atoms with Crippen molar-refractivity contribution in [1.82, 2.24) is 14.6 Å². The monoisotopic (exact) mass is 525 g/mol. The highest BCUT2D eigenvalue weighted by molar-refractivity contribution is 7.52. The third-order valence-electron chi connectivity index (χ3n) is 5.64. The van der Waals surface area contributed by atoms with E-state index in [0.29, 0.717) is 0 Å². The Bertz CT molecular complexity index is 1250. The first kappa shape index (κ1) is 26.3. The van der Waals surface area contributed by atoms with Gasteiger partial charge in [-0.3, -0.25) is 23.7 Å². The second-order valence-corrected chi connectivity index (χ2v) is 10.5. The molecule has 2 aliphatic heterocycles. The molecule has 0 saturated carbocycles. The number of benzene rings is 1. The summed E-state index contributed by atoms with van der Waals surface area (Å²) in [6.45, 7) is 4.22. The second-order valence-electron chi connectivity index (χ2n) is 8.82. The maximum absolute atomic E-state index is 13.7. The molecule has 1 aromatic carbocycles. The van der Waals surface area contributed by atoms with Gasteiger partial charge in [-0.25, -0.2) is 9.36 Å². The zero-order valence-corrected chi connectivity index (χ0v) is 20.8. The number of hydrogen-bond acceptors (Lipinski definition) is 10. The lowest BCUT2D eigenvalue weighted by Gasteiger charge is -2.32. The molecule has 4 rings (SSSR count). The van der Waals surface area contributed by atoms with Crippen LogP contribution < -0.4 is 20.9 Å². The van der Waals surface area contributed by atoms with Crippen LogP contribution in [0.4, 0.5) is 0 Å². The fourth-order valence-electron chi connectivity index (χ4n) is 3.90. The van der Waals surface area contributed by atoms with Crippen LogP contribution in [-0.4, -0.2) is 63.8 Å². The van der Waals surface area contributed by atoms with Crippen molar-refractivity contribution < 1.29 is 37.7 Å². The molecule has 1 aromatic heterocycles. The normalized spacial score (nSPS) is 27.5. The number of aromatic nitrogens is 2. The average Bonchev–Trinajstić information content (AvgIpc) is 3.27. The van der Waals surface area contributed by atoms with Crippen molar-refractivity contribution in [2.24, 2.45) is 0 Å². The average molecular weight is 525 g/mol. The van der Waals surface area contributed by atoms with Gasteiger partial charge in [0.15, 0.2) is 6.23 Å². The van der Waals surface area contributed by atoms with Crippen molar-refractivity contribution in [3.63, 3.8) is 0 Å². The van der Waals surface area contributed by atoms with Gasteiger partial charge in [0.05, 0.1) is 19.3 Å². The van der Waals surface area contributed by atoms with E-state index < -0.39 is 61.7 Å². The van der Waals surface area contributed by atoms with Crippen molar-refractivity contribution >= 4 is 13.7 Å². The fourth-order valence-corrected chi connectivity index (χ4v) is 5.44. The molecule has 0 aliphatic carbocycles. The lowest BCUT2D eigenvalue weighted by Crippen LogP contribution is -2.46. The minimum atomic E-state index is -4.23. The predicted molar refractivity (Wildman–Crippen MR) is 124 cm³/mol. The van der Waals surface area contributed by atoms with Crippen molar-refractivity contribution in [1.29, 1.82) is 0 Å². The number of aromatic amines is 1. The van der Waals surface area contributed by atoms with Crippen LogP contribution in [0, 0.1) is 0 Å². The fraction of sp³-hybridized carbons (Fsp3) is 0.500. The Hall–Kier alpha value is -2.80. The smallest absolute Gasteiger partial charge is 0.459 e. The molecule has 0 spiro atoms. The molecular weight excluding hydrogens is 497 g/mol. The zero-order valence-electron chi connectivity index (χ0n) is 19.9. The number of esters is 1. The zero-order chi connectivity index (χ0) is 26.1. The van der Waals surface area contributed by atoms with E-state index in [9.17, 15) is 24.1 Å². The van der Waals surface area contributed by atoms with Crippen LogP contribution in [0.2, 0.25) is 0 Å². The quantitative estimate of drug-likeness (QED) is 0.295. The Labute approximate surface area is 205 Å². The second kappa shape index (κ2) is 10.3. The first-order valence-electron chi connectivity index (χ1n) is 11.3. The van der Waals surface area contributed by atoms with E-state index >= 15 is 0 Å². The molecule has 14 heteroatoms. The number of hydrogen-bond donors (Lipinski definition) is 3. The number of H-pyrrole nitrogens is 1. The first-order valence-corrected chi connectivity index (χ1v) is 12.8. The number of aliphatic hydroxyl groups excluding tert-OH is 1. The number of nitrogens with zero attached hydrogens (tertiary/aromatic N) is 1. The summed E-state index contributed by atoms with van der Waals surface area (Å²) < 4.78 is 42.8. The largest absolute Gasteiger partial charge is 0.462 e. The molecule has 3 N–H and O–H groups in total.